The maximum Gasteiger partial charge on any atom is 0.161 e. The number of benzene rings is 4. The Morgan fingerprint density at radius 3 is 2.18 bits per heavy atom. The average Bonchev–Trinajstić information content (AvgIpc) is 2.85. The summed E-state index contributed by atoms with van der Waals surface area (Å²) < 4.78 is 17.6. The first-order valence-corrected chi connectivity index (χ1v) is 11.0. The van der Waals surface area contributed by atoms with Gasteiger partial charge >= 0.3 is 0 Å². The number of hydrogen-bond acceptors (Lipinski definition) is 4. The maximum absolute atomic E-state index is 6.01. The first-order chi connectivity index (χ1) is 16.2. The zero-order chi connectivity index (χ0) is 22.9. The summed E-state index contributed by atoms with van der Waals surface area (Å²) in [6.07, 6.45) is 1.82. The van der Waals surface area contributed by atoms with E-state index in [1.54, 1.807) is 0 Å². The molecule has 0 aliphatic heterocycles. The van der Waals surface area contributed by atoms with Gasteiger partial charge in [-0.25, -0.2) is 0 Å². The van der Waals surface area contributed by atoms with Gasteiger partial charge in [-0.1, -0.05) is 48.0 Å². The van der Waals surface area contributed by atoms with E-state index in [0.717, 1.165) is 34.1 Å². The predicted octanol–water partition coefficient (Wildman–Crippen LogP) is 7.52. The molecule has 0 saturated heterocycles. The summed E-state index contributed by atoms with van der Waals surface area (Å²) in [5.74, 6) is 3.01. The van der Waals surface area contributed by atoms with Crippen LogP contribution in [-0.2, 0) is 6.61 Å². The molecule has 0 radical (unpaired) electrons. The fourth-order valence-corrected chi connectivity index (χ4v) is 3.21. The molecule has 4 rings (SSSR count). The first kappa shape index (κ1) is 22.2. The average molecular weight is 438 g/mol. The molecule has 0 fully saturated rings. The summed E-state index contributed by atoms with van der Waals surface area (Å²) in [4.78, 5) is 4.58. The minimum atomic E-state index is 0.491. The highest BCUT2D eigenvalue weighted by Crippen LogP contribution is 2.29. The van der Waals surface area contributed by atoms with Crippen LogP contribution in [0, 0.1) is 6.92 Å². The van der Waals surface area contributed by atoms with Crippen LogP contribution in [0.25, 0.3) is 0 Å². The van der Waals surface area contributed by atoms with Gasteiger partial charge in [0.2, 0.25) is 0 Å². The molecule has 0 aliphatic carbocycles. The molecule has 33 heavy (non-hydrogen) atoms. The zero-order valence-corrected chi connectivity index (χ0v) is 18.9. The van der Waals surface area contributed by atoms with Gasteiger partial charge in [0.15, 0.2) is 11.5 Å². The van der Waals surface area contributed by atoms with Crippen LogP contribution in [0.4, 0.5) is 5.69 Å². The van der Waals surface area contributed by atoms with Gasteiger partial charge in [0.05, 0.1) is 12.3 Å². The van der Waals surface area contributed by atoms with E-state index in [1.165, 1.54) is 5.56 Å². The molecular weight excluding hydrogens is 410 g/mol. The molecule has 166 valence electrons. The Morgan fingerprint density at radius 2 is 1.45 bits per heavy atom. The van der Waals surface area contributed by atoms with E-state index in [4.69, 9.17) is 14.2 Å². The molecule has 4 aromatic carbocycles. The lowest BCUT2D eigenvalue weighted by Gasteiger charge is -2.13. The standard InChI is InChI=1S/C29H27NO3/c1-3-31-29-19-24(13-18-28(29)32-21-23-11-9-22(2)10-12-23)20-30-25-14-16-27(17-15-25)33-26-7-5-4-6-8-26/h4-20H,3,21H2,1-2H3. The van der Waals surface area contributed by atoms with E-state index >= 15 is 0 Å². The van der Waals surface area contributed by atoms with Gasteiger partial charge in [0.25, 0.3) is 0 Å². The monoisotopic (exact) mass is 437 g/mol. The van der Waals surface area contributed by atoms with Gasteiger partial charge in [-0.15, -0.1) is 0 Å². The summed E-state index contributed by atoms with van der Waals surface area (Å²) in [5, 5.41) is 0. The molecular formula is C29H27NO3. The Labute approximate surface area is 195 Å². The van der Waals surface area contributed by atoms with E-state index in [0.29, 0.717) is 19.0 Å². The second kappa shape index (κ2) is 11.0. The highest BCUT2D eigenvalue weighted by atomic mass is 16.5. The first-order valence-electron chi connectivity index (χ1n) is 11.0. The minimum Gasteiger partial charge on any atom is -0.490 e. The number of para-hydroxylation sites is 1. The Balaban J connectivity index is 1.41. The summed E-state index contributed by atoms with van der Waals surface area (Å²) in [7, 11) is 0. The van der Waals surface area contributed by atoms with Crippen LogP contribution in [0.3, 0.4) is 0 Å². The molecule has 4 nitrogen and oxygen atoms in total. The predicted molar refractivity (Wildman–Crippen MR) is 133 cm³/mol. The van der Waals surface area contributed by atoms with Crippen LogP contribution in [0.1, 0.15) is 23.6 Å². The third kappa shape index (κ3) is 6.47. The molecule has 0 amide bonds. The Morgan fingerprint density at radius 1 is 0.727 bits per heavy atom. The molecule has 4 heteroatoms. The molecule has 0 saturated carbocycles. The number of nitrogens with zero attached hydrogens (tertiary/aromatic N) is 1. The molecule has 0 N–H and O–H groups in total. The number of rotatable bonds is 9. The van der Waals surface area contributed by atoms with Crippen LogP contribution in [-0.4, -0.2) is 12.8 Å². The summed E-state index contributed by atoms with van der Waals surface area (Å²) in [5.41, 5.74) is 4.13. The van der Waals surface area contributed by atoms with Crippen molar-refractivity contribution in [2.24, 2.45) is 4.99 Å². The number of aryl methyl sites for hydroxylation is 1. The van der Waals surface area contributed by atoms with Gasteiger partial charge in [-0.05, 0) is 79.6 Å². The second-order valence-electron chi connectivity index (χ2n) is 7.58. The largest absolute Gasteiger partial charge is 0.490 e. The van der Waals surface area contributed by atoms with Gasteiger partial charge in [-0.2, -0.15) is 0 Å². The van der Waals surface area contributed by atoms with Crippen LogP contribution in [0.5, 0.6) is 23.0 Å². The van der Waals surface area contributed by atoms with Crippen molar-refractivity contribution in [2.45, 2.75) is 20.5 Å². The molecule has 0 spiro atoms. The normalized spacial score (nSPS) is 10.8. The van der Waals surface area contributed by atoms with Crippen molar-refractivity contribution in [3.05, 3.63) is 114 Å². The van der Waals surface area contributed by atoms with Crippen molar-refractivity contribution in [3.63, 3.8) is 0 Å². The summed E-state index contributed by atoms with van der Waals surface area (Å²) >= 11 is 0. The number of aliphatic imine (C=N–C) groups is 1. The molecule has 0 aromatic heterocycles. The lowest BCUT2D eigenvalue weighted by Crippen LogP contribution is -2.00. The SMILES string of the molecule is CCOc1cc(C=Nc2ccc(Oc3ccccc3)cc2)ccc1OCc1ccc(C)cc1. The topological polar surface area (TPSA) is 40.0 Å². The van der Waals surface area contributed by atoms with Crippen molar-refractivity contribution < 1.29 is 14.2 Å². The Kier molecular flexibility index (Phi) is 7.39. The van der Waals surface area contributed by atoms with E-state index in [9.17, 15) is 0 Å². The van der Waals surface area contributed by atoms with Crippen molar-refractivity contribution in [1.29, 1.82) is 0 Å². The molecule has 0 bridgehead atoms. The lowest BCUT2D eigenvalue weighted by atomic mass is 10.1. The lowest BCUT2D eigenvalue weighted by molar-refractivity contribution is 0.269. The van der Waals surface area contributed by atoms with Gasteiger partial charge in [0, 0.05) is 6.21 Å². The smallest absolute Gasteiger partial charge is 0.161 e. The van der Waals surface area contributed by atoms with Gasteiger partial charge < -0.3 is 14.2 Å². The fourth-order valence-electron chi connectivity index (χ4n) is 3.21. The van der Waals surface area contributed by atoms with Crippen molar-refractivity contribution in [1.82, 2.24) is 0 Å². The van der Waals surface area contributed by atoms with E-state index in [-0.39, 0.29) is 0 Å². The molecule has 0 aliphatic rings. The Bertz CT molecular complexity index is 1180. The molecule has 4 aromatic rings. The molecule has 0 atom stereocenters. The van der Waals surface area contributed by atoms with Crippen LogP contribution < -0.4 is 14.2 Å². The number of ether oxygens (including phenoxy) is 3. The fraction of sp³-hybridized carbons (Fsp3) is 0.138. The van der Waals surface area contributed by atoms with Gasteiger partial charge in [-0.3, -0.25) is 4.99 Å². The molecule has 0 unspecified atom stereocenters. The van der Waals surface area contributed by atoms with E-state index in [2.05, 4.69) is 36.2 Å². The second-order valence-corrected chi connectivity index (χ2v) is 7.58. The van der Waals surface area contributed by atoms with Crippen molar-refractivity contribution in [2.75, 3.05) is 6.61 Å². The van der Waals surface area contributed by atoms with Crippen molar-refractivity contribution in [3.8, 4) is 23.0 Å². The van der Waals surface area contributed by atoms with Crippen LogP contribution >= 0.6 is 0 Å². The van der Waals surface area contributed by atoms with Crippen LogP contribution in [0.15, 0.2) is 102 Å². The van der Waals surface area contributed by atoms with Gasteiger partial charge in [0.1, 0.15) is 18.1 Å². The van der Waals surface area contributed by atoms with E-state index in [1.807, 2.05) is 85.9 Å². The summed E-state index contributed by atoms with van der Waals surface area (Å²) in [6, 6.07) is 31.6. The highest BCUT2D eigenvalue weighted by Gasteiger charge is 2.07. The van der Waals surface area contributed by atoms with E-state index < -0.39 is 0 Å². The molecule has 0 heterocycles. The third-order valence-corrected chi connectivity index (χ3v) is 4.96. The summed E-state index contributed by atoms with van der Waals surface area (Å²) in [6.45, 7) is 5.09. The zero-order valence-electron chi connectivity index (χ0n) is 18.9. The van der Waals surface area contributed by atoms with Crippen LogP contribution in [0.2, 0.25) is 0 Å². The van der Waals surface area contributed by atoms with Crippen molar-refractivity contribution >= 4 is 11.9 Å². The maximum atomic E-state index is 6.01. The minimum absolute atomic E-state index is 0.491. The third-order valence-electron chi connectivity index (χ3n) is 4.96. The highest BCUT2D eigenvalue weighted by molar-refractivity contribution is 5.83. The quantitative estimate of drug-likeness (QED) is 0.254. The Hall–Kier alpha value is -4.05. The number of hydrogen-bond donors (Lipinski definition) is 0.